The fourth-order valence-electron chi connectivity index (χ4n) is 3.00. The third-order valence-corrected chi connectivity index (χ3v) is 3.78. The van der Waals surface area contributed by atoms with Crippen LogP contribution in [0.3, 0.4) is 0 Å². The monoisotopic (exact) mass is 242 g/mol. The Morgan fingerprint density at radius 2 is 1.35 bits per heavy atom. The number of rotatable bonds is 2. The molecule has 2 saturated carbocycles. The van der Waals surface area contributed by atoms with Gasteiger partial charge in [0.2, 0.25) is 0 Å². The van der Waals surface area contributed by atoms with E-state index in [2.05, 4.69) is 0 Å². The molecular weight excluding hydrogens is 216 g/mol. The Morgan fingerprint density at radius 1 is 1.00 bits per heavy atom. The van der Waals surface area contributed by atoms with Crippen molar-refractivity contribution in [1.29, 1.82) is 0 Å². The van der Waals surface area contributed by atoms with Gasteiger partial charge < -0.3 is 10.6 Å². The highest BCUT2D eigenvalue weighted by molar-refractivity contribution is 5.79. The average Bonchev–Trinajstić information content (AvgIpc) is 2.91. The van der Waals surface area contributed by atoms with Gasteiger partial charge in [-0.3, -0.25) is 0 Å². The predicted molar refractivity (Wildman–Crippen MR) is 70.0 cm³/mol. The van der Waals surface area contributed by atoms with E-state index >= 15 is 0 Å². The molecule has 2 aliphatic carbocycles. The molecule has 0 spiro atoms. The molecule has 0 aromatic carbocycles. The van der Waals surface area contributed by atoms with Crippen LogP contribution in [-0.2, 0) is 4.79 Å². The lowest BCUT2D eigenvalue weighted by Gasteiger charge is -2.16. The zero-order chi connectivity index (χ0) is 11.8. The van der Waals surface area contributed by atoms with Crippen molar-refractivity contribution in [2.75, 3.05) is 0 Å². The molecule has 2 aliphatic rings. The molecule has 0 amide bonds. The van der Waals surface area contributed by atoms with E-state index in [0.717, 1.165) is 17.9 Å². The number of carboxylic acid groups (broad SMARTS) is 1. The minimum Gasteiger partial charge on any atom is -0.478 e. The van der Waals surface area contributed by atoms with Gasteiger partial charge in [-0.05, 0) is 18.8 Å². The topological polar surface area (TPSA) is 68.8 Å². The van der Waals surface area contributed by atoms with E-state index in [4.69, 9.17) is 5.11 Å². The number of aliphatic carboxylic acids is 1. The van der Waals surface area contributed by atoms with Crippen LogP contribution < -0.4 is 0 Å². The van der Waals surface area contributed by atoms with Gasteiger partial charge in [0.1, 0.15) is 0 Å². The third-order valence-electron chi connectivity index (χ3n) is 3.78. The maximum Gasteiger partial charge on any atom is 0.327 e. The molecule has 3 nitrogen and oxygen atoms in total. The van der Waals surface area contributed by atoms with Crippen molar-refractivity contribution in [3.05, 3.63) is 12.2 Å². The van der Waals surface area contributed by atoms with Gasteiger partial charge in [0.25, 0.3) is 0 Å². The second kappa shape index (κ2) is 9.23. The normalized spacial score (nSPS) is 21.0. The van der Waals surface area contributed by atoms with E-state index in [1.807, 2.05) is 0 Å². The van der Waals surface area contributed by atoms with Crippen molar-refractivity contribution in [2.24, 2.45) is 11.8 Å². The fourth-order valence-corrected chi connectivity index (χ4v) is 3.00. The third kappa shape index (κ3) is 6.47. The highest BCUT2D eigenvalue weighted by atomic mass is 16.4. The van der Waals surface area contributed by atoms with Crippen LogP contribution in [0.2, 0.25) is 0 Å². The van der Waals surface area contributed by atoms with Crippen molar-refractivity contribution in [2.45, 2.75) is 58.3 Å². The van der Waals surface area contributed by atoms with Gasteiger partial charge in [0.05, 0.1) is 0 Å². The molecule has 17 heavy (non-hydrogen) atoms. The minimum absolute atomic E-state index is 0. The van der Waals surface area contributed by atoms with Gasteiger partial charge in [-0.25, -0.2) is 4.79 Å². The van der Waals surface area contributed by atoms with Gasteiger partial charge in [0.15, 0.2) is 0 Å². The lowest BCUT2D eigenvalue weighted by molar-refractivity contribution is -0.131. The summed E-state index contributed by atoms with van der Waals surface area (Å²) in [5.74, 6) is 1.42. The summed E-state index contributed by atoms with van der Waals surface area (Å²) >= 11 is 0. The second-order valence-electron chi connectivity index (χ2n) is 4.93. The Balaban J connectivity index is 0.000000324. The Bertz CT molecular complexity index is 210. The largest absolute Gasteiger partial charge is 0.478 e. The molecule has 0 aliphatic heterocycles. The van der Waals surface area contributed by atoms with Gasteiger partial charge in [-0.1, -0.05) is 57.4 Å². The first-order valence-electron chi connectivity index (χ1n) is 6.59. The Labute approximate surface area is 104 Å². The highest BCUT2D eigenvalue weighted by Crippen LogP contribution is 2.39. The molecule has 0 atom stereocenters. The molecule has 3 N–H and O–H groups in total. The SMILES string of the molecule is C1CCC(C2CCCC2)C1.CC=CC(=O)O.O. The zero-order valence-electron chi connectivity index (χ0n) is 10.8. The number of carbonyl (C=O) groups is 1. The maximum absolute atomic E-state index is 9.51. The Hall–Kier alpha value is -0.830. The molecule has 3 heteroatoms. The van der Waals surface area contributed by atoms with E-state index in [9.17, 15) is 4.79 Å². The molecular formula is C14H26O3. The van der Waals surface area contributed by atoms with Gasteiger partial charge in [0, 0.05) is 6.08 Å². The van der Waals surface area contributed by atoms with E-state index in [1.165, 1.54) is 31.8 Å². The summed E-state index contributed by atoms with van der Waals surface area (Å²) in [6.07, 6.45) is 14.9. The minimum atomic E-state index is -0.891. The Morgan fingerprint density at radius 3 is 1.53 bits per heavy atom. The van der Waals surface area contributed by atoms with Crippen LogP contribution in [0.5, 0.6) is 0 Å². The van der Waals surface area contributed by atoms with Crippen molar-refractivity contribution < 1.29 is 15.4 Å². The summed E-state index contributed by atoms with van der Waals surface area (Å²) in [7, 11) is 0. The fraction of sp³-hybridized carbons (Fsp3) is 0.786. The van der Waals surface area contributed by atoms with E-state index < -0.39 is 5.97 Å². The van der Waals surface area contributed by atoms with Crippen molar-refractivity contribution in [1.82, 2.24) is 0 Å². The number of hydrogen-bond acceptors (Lipinski definition) is 1. The lowest BCUT2D eigenvalue weighted by Crippen LogP contribution is -2.06. The number of allylic oxidation sites excluding steroid dienone is 1. The van der Waals surface area contributed by atoms with Crippen LogP contribution in [0.4, 0.5) is 0 Å². The second-order valence-corrected chi connectivity index (χ2v) is 4.93. The van der Waals surface area contributed by atoms with Crippen LogP contribution in [0.15, 0.2) is 12.2 Å². The first-order chi connectivity index (χ1) is 7.74. The van der Waals surface area contributed by atoms with E-state index in [0.29, 0.717) is 0 Å². The molecule has 2 fully saturated rings. The molecule has 0 aromatic rings. The van der Waals surface area contributed by atoms with Crippen molar-refractivity contribution >= 4 is 5.97 Å². The van der Waals surface area contributed by atoms with Crippen LogP contribution in [0.25, 0.3) is 0 Å². The summed E-state index contributed by atoms with van der Waals surface area (Å²) in [6.45, 7) is 1.66. The average molecular weight is 242 g/mol. The zero-order valence-corrected chi connectivity index (χ0v) is 10.8. The molecule has 2 rings (SSSR count). The smallest absolute Gasteiger partial charge is 0.327 e. The summed E-state index contributed by atoms with van der Waals surface area (Å²) in [6, 6.07) is 0. The summed E-state index contributed by atoms with van der Waals surface area (Å²) in [5, 5.41) is 7.83. The van der Waals surface area contributed by atoms with Crippen LogP contribution >= 0.6 is 0 Å². The Kier molecular flexibility index (Phi) is 8.78. The van der Waals surface area contributed by atoms with E-state index in [1.54, 1.807) is 32.6 Å². The molecule has 0 aromatic heterocycles. The van der Waals surface area contributed by atoms with E-state index in [-0.39, 0.29) is 5.48 Å². The van der Waals surface area contributed by atoms with Gasteiger partial charge in [-0.2, -0.15) is 0 Å². The summed E-state index contributed by atoms with van der Waals surface area (Å²) in [5.41, 5.74) is 0. The summed E-state index contributed by atoms with van der Waals surface area (Å²) < 4.78 is 0. The standard InChI is InChI=1S/C10H18.C4H6O2.H2O/c1-2-6-9(5-1)10-7-3-4-8-10;1-2-3-4(5)6;/h9-10H,1-8H2;2-3H,1H3,(H,5,6);1H2. The number of hydrogen-bond donors (Lipinski definition) is 1. The van der Waals surface area contributed by atoms with Crippen LogP contribution in [-0.4, -0.2) is 16.6 Å². The molecule has 0 bridgehead atoms. The van der Waals surface area contributed by atoms with Crippen LogP contribution in [0.1, 0.15) is 58.3 Å². The lowest BCUT2D eigenvalue weighted by atomic mass is 9.90. The summed E-state index contributed by atoms with van der Waals surface area (Å²) in [4.78, 5) is 9.51. The van der Waals surface area contributed by atoms with Crippen molar-refractivity contribution in [3.63, 3.8) is 0 Å². The molecule has 0 saturated heterocycles. The quantitative estimate of drug-likeness (QED) is 0.755. The molecule has 100 valence electrons. The first kappa shape index (κ1) is 16.2. The maximum atomic E-state index is 9.51. The molecule has 0 heterocycles. The first-order valence-corrected chi connectivity index (χ1v) is 6.59. The highest BCUT2D eigenvalue weighted by Gasteiger charge is 2.26. The van der Waals surface area contributed by atoms with Gasteiger partial charge in [-0.15, -0.1) is 0 Å². The van der Waals surface area contributed by atoms with Crippen LogP contribution in [0, 0.1) is 11.8 Å². The molecule has 0 unspecified atom stereocenters. The van der Waals surface area contributed by atoms with Gasteiger partial charge >= 0.3 is 5.97 Å². The predicted octanol–water partition coefficient (Wildman–Crippen LogP) is 3.19. The number of carboxylic acids is 1. The van der Waals surface area contributed by atoms with Crippen molar-refractivity contribution in [3.8, 4) is 0 Å². The molecule has 0 radical (unpaired) electrons.